The molecule has 1 fully saturated rings. The van der Waals surface area contributed by atoms with Crippen LogP contribution in [0.15, 0.2) is 17.3 Å². The highest BCUT2D eigenvalue weighted by molar-refractivity contribution is 7.89. The number of sulfonamides is 1. The first-order valence-corrected chi connectivity index (χ1v) is 7.67. The second-order valence-electron chi connectivity index (χ2n) is 4.76. The Balaban J connectivity index is 2.01. The fourth-order valence-electron chi connectivity index (χ4n) is 1.84. The summed E-state index contributed by atoms with van der Waals surface area (Å²) < 4.78 is 28.3. The lowest BCUT2D eigenvalue weighted by Crippen LogP contribution is -2.33. The molecule has 1 atom stereocenters. The van der Waals surface area contributed by atoms with E-state index in [0.717, 1.165) is 12.8 Å². The number of aromatic nitrogens is 2. The van der Waals surface area contributed by atoms with Gasteiger partial charge in [-0.3, -0.25) is 4.68 Å². The Kier molecular flexibility index (Phi) is 4.04. The van der Waals surface area contributed by atoms with Crippen molar-refractivity contribution < 1.29 is 13.5 Å². The Morgan fingerprint density at radius 3 is 2.94 bits per heavy atom. The van der Waals surface area contributed by atoms with Crippen molar-refractivity contribution in [2.75, 3.05) is 6.61 Å². The molecule has 2 N–H and O–H groups in total. The maximum atomic E-state index is 12.0. The first-order valence-electron chi connectivity index (χ1n) is 6.18. The topological polar surface area (TPSA) is 84.2 Å². The van der Waals surface area contributed by atoms with Crippen LogP contribution in [0, 0.1) is 5.92 Å². The van der Waals surface area contributed by atoms with E-state index >= 15 is 0 Å². The molecule has 0 saturated heterocycles. The van der Waals surface area contributed by atoms with Crippen LogP contribution in [0.5, 0.6) is 0 Å². The van der Waals surface area contributed by atoms with Crippen LogP contribution in [0.1, 0.15) is 26.2 Å². The van der Waals surface area contributed by atoms with Gasteiger partial charge in [0.25, 0.3) is 0 Å². The Morgan fingerprint density at radius 1 is 1.61 bits per heavy atom. The van der Waals surface area contributed by atoms with Gasteiger partial charge in [0.2, 0.25) is 10.0 Å². The van der Waals surface area contributed by atoms with Gasteiger partial charge in [-0.25, -0.2) is 13.1 Å². The van der Waals surface area contributed by atoms with Gasteiger partial charge in [0.05, 0.1) is 6.20 Å². The van der Waals surface area contributed by atoms with Crippen LogP contribution in [0.3, 0.4) is 0 Å². The second kappa shape index (κ2) is 5.38. The highest BCUT2D eigenvalue weighted by atomic mass is 32.2. The lowest BCUT2D eigenvalue weighted by atomic mass is 10.2. The summed E-state index contributed by atoms with van der Waals surface area (Å²) in [6.45, 7) is 2.48. The van der Waals surface area contributed by atoms with Crippen molar-refractivity contribution in [1.29, 1.82) is 0 Å². The van der Waals surface area contributed by atoms with Gasteiger partial charge in [0, 0.05) is 25.4 Å². The molecule has 0 aliphatic heterocycles. The van der Waals surface area contributed by atoms with Crippen LogP contribution in [-0.2, 0) is 16.6 Å². The molecule has 102 valence electrons. The minimum absolute atomic E-state index is 0.0178. The Hall–Kier alpha value is -0.920. The number of nitrogens with one attached hydrogen (secondary N) is 1. The molecule has 7 heteroatoms. The van der Waals surface area contributed by atoms with Crippen LogP contribution < -0.4 is 4.72 Å². The van der Waals surface area contributed by atoms with Gasteiger partial charge in [0.1, 0.15) is 4.90 Å². The zero-order valence-electron chi connectivity index (χ0n) is 10.4. The maximum Gasteiger partial charge on any atom is 0.243 e. The molecule has 0 bridgehead atoms. The molecule has 1 aromatic heterocycles. The van der Waals surface area contributed by atoms with Crippen molar-refractivity contribution >= 4 is 10.0 Å². The molecule has 1 aromatic rings. The molecular weight excluding hydrogens is 254 g/mol. The summed E-state index contributed by atoms with van der Waals surface area (Å²) >= 11 is 0. The maximum absolute atomic E-state index is 12.0. The van der Waals surface area contributed by atoms with Gasteiger partial charge < -0.3 is 5.11 Å². The minimum Gasteiger partial charge on any atom is -0.396 e. The molecule has 0 amide bonds. The Bertz CT molecular complexity index is 493. The highest BCUT2D eigenvalue weighted by Gasteiger charge is 2.31. The minimum atomic E-state index is -3.46. The molecule has 1 aliphatic carbocycles. The number of aliphatic hydroxyl groups excluding tert-OH is 1. The summed E-state index contributed by atoms with van der Waals surface area (Å²) in [7, 11) is -3.46. The molecule has 2 rings (SSSR count). The van der Waals surface area contributed by atoms with Gasteiger partial charge in [-0.2, -0.15) is 5.10 Å². The summed E-state index contributed by atoms with van der Waals surface area (Å²) in [6.07, 6.45) is 5.60. The molecule has 6 nitrogen and oxygen atoms in total. The number of nitrogens with zero attached hydrogens (tertiary/aromatic N) is 2. The largest absolute Gasteiger partial charge is 0.396 e. The van der Waals surface area contributed by atoms with Crippen molar-refractivity contribution in [1.82, 2.24) is 14.5 Å². The van der Waals surface area contributed by atoms with Gasteiger partial charge >= 0.3 is 0 Å². The average molecular weight is 273 g/mol. The van der Waals surface area contributed by atoms with Crippen molar-refractivity contribution in [2.45, 2.75) is 43.7 Å². The SMILES string of the molecule is CC(NS(=O)(=O)c1cnn(CCCO)c1)C1CC1. The summed E-state index contributed by atoms with van der Waals surface area (Å²) in [5, 5.41) is 12.7. The number of aliphatic hydroxyl groups is 1. The van der Waals surface area contributed by atoms with E-state index in [1.807, 2.05) is 6.92 Å². The van der Waals surface area contributed by atoms with Crippen molar-refractivity contribution in [3.8, 4) is 0 Å². The summed E-state index contributed by atoms with van der Waals surface area (Å²) in [5.74, 6) is 0.476. The van der Waals surface area contributed by atoms with Crippen LogP contribution in [0.4, 0.5) is 0 Å². The zero-order chi connectivity index (χ0) is 13.2. The quantitative estimate of drug-likeness (QED) is 0.750. The third kappa shape index (κ3) is 3.30. The molecule has 18 heavy (non-hydrogen) atoms. The lowest BCUT2D eigenvalue weighted by Gasteiger charge is -2.11. The van der Waals surface area contributed by atoms with E-state index < -0.39 is 10.0 Å². The molecule has 1 heterocycles. The smallest absolute Gasteiger partial charge is 0.243 e. The number of rotatable bonds is 7. The summed E-state index contributed by atoms with van der Waals surface area (Å²) in [6, 6.07) is -0.0178. The molecular formula is C11H19N3O3S. The van der Waals surface area contributed by atoms with Gasteiger partial charge in [-0.1, -0.05) is 0 Å². The number of hydrogen-bond acceptors (Lipinski definition) is 4. The van der Waals surface area contributed by atoms with Crippen LogP contribution >= 0.6 is 0 Å². The predicted molar refractivity (Wildman–Crippen MR) is 66.4 cm³/mol. The van der Waals surface area contributed by atoms with E-state index in [0.29, 0.717) is 18.9 Å². The lowest BCUT2D eigenvalue weighted by molar-refractivity contribution is 0.277. The number of hydrogen-bond donors (Lipinski definition) is 2. The number of aryl methyl sites for hydroxylation is 1. The predicted octanol–water partition coefficient (Wildman–Crippen LogP) is 0.342. The first kappa shape index (κ1) is 13.5. The fraction of sp³-hybridized carbons (Fsp3) is 0.727. The molecule has 0 spiro atoms. The Morgan fingerprint density at radius 2 is 2.33 bits per heavy atom. The molecule has 1 unspecified atom stereocenters. The van der Waals surface area contributed by atoms with Crippen molar-refractivity contribution in [3.63, 3.8) is 0 Å². The third-order valence-electron chi connectivity index (χ3n) is 3.14. The monoisotopic (exact) mass is 273 g/mol. The Labute approximate surface area is 107 Å². The second-order valence-corrected chi connectivity index (χ2v) is 6.48. The van der Waals surface area contributed by atoms with Gasteiger partial charge in [-0.15, -0.1) is 0 Å². The van der Waals surface area contributed by atoms with Gasteiger partial charge in [-0.05, 0) is 32.1 Å². The third-order valence-corrected chi connectivity index (χ3v) is 4.65. The first-order chi connectivity index (χ1) is 8.53. The molecule has 1 aliphatic rings. The molecule has 0 aromatic carbocycles. The molecule has 1 saturated carbocycles. The van der Waals surface area contributed by atoms with Crippen molar-refractivity contribution in [2.24, 2.45) is 5.92 Å². The van der Waals surface area contributed by atoms with E-state index in [-0.39, 0.29) is 17.5 Å². The van der Waals surface area contributed by atoms with E-state index in [4.69, 9.17) is 5.11 Å². The zero-order valence-corrected chi connectivity index (χ0v) is 11.2. The van der Waals surface area contributed by atoms with E-state index in [1.165, 1.54) is 17.1 Å². The van der Waals surface area contributed by atoms with E-state index in [2.05, 4.69) is 9.82 Å². The summed E-state index contributed by atoms with van der Waals surface area (Å²) in [4.78, 5) is 0.188. The van der Waals surface area contributed by atoms with Crippen LogP contribution in [0.2, 0.25) is 0 Å². The molecule has 0 radical (unpaired) electrons. The average Bonchev–Trinajstić information content (AvgIpc) is 3.05. The van der Waals surface area contributed by atoms with Crippen molar-refractivity contribution in [3.05, 3.63) is 12.4 Å². The van der Waals surface area contributed by atoms with Gasteiger partial charge in [0.15, 0.2) is 0 Å². The van der Waals surface area contributed by atoms with E-state index in [9.17, 15) is 8.42 Å². The van der Waals surface area contributed by atoms with E-state index in [1.54, 1.807) is 0 Å². The highest BCUT2D eigenvalue weighted by Crippen LogP contribution is 2.32. The standard InChI is InChI=1S/C11H19N3O3S/c1-9(10-3-4-10)13-18(16,17)11-7-12-14(8-11)5-2-6-15/h7-10,13,15H,2-6H2,1H3. The van der Waals surface area contributed by atoms with Crippen LogP contribution in [0.25, 0.3) is 0 Å². The van der Waals surface area contributed by atoms with Crippen LogP contribution in [-0.4, -0.2) is 36.0 Å². The normalized spacial score (nSPS) is 17.9. The fourth-order valence-corrected chi connectivity index (χ4v) is 3.11. The summed E-state index contributed by atoms with van der Waals surface area (Å²) in [5.41, 5.74) is 0.